The fourth-order valence-electron chi connectivity index (χ4n) is 3.65. The molecule has 0 bridgehead atoms. The van der Waals surface area contributed by atoms with E-state index >= 15 is 0 Å². The first-order chi connectivity index (χ1) is 12.6. The summed E-state index contributed by atoms with van der Waals surface area (Å²) in [5.41, 5.74) is 3.20. The van der Waals surface area contributed by atoms with E-state index < -0.39 is 5.60 Å². The second-order valence-electron chi connectivity index (χ2n) is 7.10. The number of fused-ring (bicyclic) bond motifs is 1. The standard InChI is InChI=1S/C23H28FNO/c1-3-17-26-23(2,21-9-11-22(24)12-10-21)14-6-15-25-16-13-19-7-4-5-8-20(19)18-25/h4-5,7-12H,1-3,6,13-18H2. The number of halogens is 1. The van der Waals surface area contributed by atoms with Crippen molar-refractivity contribution in [3.05, 3.63) is 84.9 Å². The molecule has 2 aromatic carbocycles. The monoisotopic (exact) mass is 353 g/mol. The van der Waals surface area contributed by atoms with Crippen LogP contribution in [0.4, 0.5) is 4.39 Å². The van der Waals surface area contributed by atoms with Gasteiger partial charge in [0.15, 0.2) is 0 Å². The molecule has 3 rings (SSSR count). The lowest BCUT2D eigenvalue weighted by atomic mass is 9.90. The second-order valence-corrected chi connectivity index (χ2v) is 7.10. The molecular weight excluding hydrogens is 325 g/mol. The number of hydrogen-bond donors (Lipinski definition) is 0. The summed E-state index contributed by atoms with van der Waals surface area (Å²) < 4.78 is 19.3. The third kappa shape index (κ3) is 4.72. The molecule has 138 valence electrons. The van der Waals surface area contributed by atoms with Gasteiger partial charge in [-0.25, -0.2) is 4.39 Å². The van der Waals surface area contributed by atoms with E-state index in [1.165, 1.54) is 23.3 Å². The van der Waals surface area contributed by atoms with Crippen molar-refractivity contribution in [2.75, 3.05) is 19.7 Å². The summed E-state index contributed by atoms with van der Waals surface area (Å²) in [5.74, 6) is -0.236. The first kappa shape index (κ1) is 19.1. The summed E-state index contributed by atoms with van der Waals surface area (Å²) in [7, 11) is 0. The first-order valence-corrected chi connectivity index (χ1v) is 9.44. The van der Waals surface area contributed by atoms with E-state index in [1.54, 1.807) is 12.1 Å². The van der Waals surface area contributed by atoms with Crippen LogP contribution in [-0.2, 0) is 23.3 Å². The van der Waals surface area contributed by atoms with Crippen molar-refractivity contribution < 1.29 is 9.13 Å². The van der Waals surface area contributed by atoms with Crippen LogP contribution in [0.3, 0.4) is 0 Å². The van der Waals surface area contributed by atoms with Crippen LogP contribution in [-0.4, -0.2) is 24.6 Å². The Morgan fingerprint density at radius 3 is 2.54 bits per heavy atom. The van der Waals surface area contributed by atoms with Gasteiger partial charge in [0.25, 0.3) is 0 Å². The lowest BCUT2D eigenvalue weighted by Crippen LogP contribution is -2.33. The van der Waals surface area contributed by atoms with E-state index in [-0.39, 0.29) is 5.82 Å². The largest absolute Gasteiger partial charge is 0.370 e. The van der Waals surface area contributed by atoms with Crippen LogP contribution in [0.15, 0.2) is 48.5 Å². The van der Waals surface area contributed by atoms with Crippen molar-refractivity contribution in [3.8, 4) is 0 Å². The second kappa shape index (κ2) is 8.79. The van der Waals surface area contributed by atoms with Gasteiger partial charge >= 0.3 is 0 Å². The molecule has 2 radical (unpaired) electrons. The lowest BCUT2D eigenvalue weighted by Gasteiger charge is -2.33. The highest BCUT2D eigenvalue weighted by Crippen LogP contribution is 2.31. The van der Waals surface area contributed by atoms with Gasteiger partial charge in [0.05, 0.1) is 5.60 Å². The number of rotatable bonds is 8. The molecule has 0 aliphatic carbocycles. The fourth-order valence-corrected chi connectivity index (χ4v) is 3.65. The molecular formula is C23H28FNO. The van der Waals surface area contributed by atoms with Crippen LogP contribution in [0.25, 0.3) is 0 Å². The minimum Gasteiger partial charge on any atom is -0.370 e. The minimum atomic E-state index is -0.640. The van der Waals surface area contributed by atoms with Gasteiger partial charge in [0.1, 0.15) is 5.82 Å². The number of benzene rings is 2. The maximum atomic E-state index is 13.3. The van der Waals surface area contributed by atoms with Crippen LogP contribution in [0.1, 0.15) is 36.0 Å². The summed E-state index contributed by atoms with van der Waals surface area (Å²) in [4.78, 5) is 2.49. The molecule has 1 aliphatic rings. The molecule has 1 aliphatic heterocycles. The average molecular weight is 353 g/mol. The highest BCUT2D eigenvalue weighted by molar-refractivity contribution is 5.29. The average Bonchev–Trinajstić information content (AvgIpc) is 2.67. The molecule has 0 saturated heterocycles. The van der Waals surface area contributed by atoms with Gasteiger partial charge in [0, 0.05) is 19.7 Å². The summed E-state index contributed by atoms with van der Waals surface area (Å²) in [6.45, 7) is 11.9. The molecule has 3 heteroatoms. The van der Waals surface area contributed by atoms with Crippen LogP contribution >= 0.6 is 0 Å². The van der Waals surface area contributed by atoms with Gasteiger partial charge in [-0.3, -0.25) is 4.90 Å². The molecule has 1 heterocycles. The molecule has 1 atom stereocenters. The van der Waals surface area contributed by atoms with Crippen LogP contribution in [0.2, 0.25) is 0 Å². The van der Waals surface area contributed by atoms with Crippen molar-refractivity contribution in [2.45, 2.75) is 37.8 Å². The highest BCUT2D eigenvalue weighted by Gasteiger charge is 2.27. The molecule has 1 unspecified atom stereocenters. The Bertz CT molecular complexity index is 700. The SMILES string of the molecule is [CH2]CCOC([CH2])(CCCN1CCc2ccccc2C1)c1ccc(F)cc1. The quantitative estimate of drug-likeness (QED) is 0.667. The highest BCUT2D eigenvalue weighted by atomic mass is 19.1. The fraction of sp³-hybridized carbons (Fsp3) is 0.391. The van der Waals surface area contributed by atoms with Gasteiger partial charge in [-0.1, -0.05) is 43.3 Å². The van der Waals surface area contributed by atoms with E-state index in [9.17, 15) is 4.39 Å². The van der Waals surface area contributed by atoms with Crippen molar-refractivity contribution in [2.24, 2.45) is 0 Å². The van der Waals surface area contributed by atoms with Crippen LogP contribution in [0.5, 0.6) is 0 Å². The Morgan fingerprint density at radius 2 is 1.81 bits per heavy atom. The zero-order valence-electron chi connectivity index (χ0n) is 15.4. The third-order valence-electron chi connectivity index (χ3n) is 5.16. The van der Waals surface area contributed by atoms with Gasteiger partial charge in [-0.15, -0.1) is 0 Å². The van der Waals surface area contributed by atoms with Crippen molar-refractivity contribution in [3.63, 3.8) is 0 Å². The zero-order valence-corrected chi connectivity index (χ0v) is 15.4. The topological polar surface area (TPSA) is 12.5 Å². The van der Waals surface area contributed by atoms with E-state index in [1.807, 2.05) is 0 Å². The van der Waals surface area contributed by atoms with Gasteiger partial charge in [0.2, 0.25) is 0 Å². The molecule has 0 saturated carbocycles. The molecule has 0 amide bonds. The number of nitrogens with zero attached hydrogens (tertiary/aromatic N) is 1. The van der Waals surface area contributed by atoms with Crippen LogP contribution in [0, 0.1) is 19.7 Å². The third-order valence-corrected chi connectivity index (χ3v) is 5.16. The summed E-state index contributed by atoms with van der Waals surface area (Å²) >= 11 is 0. The lowest BCUT2D eigenvalue weighted by molar-refractivity contribution is -0.0221. The molecule has 2 nitrogen and oxygen atoms in total. The summed E-state index contributed by atoms with van der Waals surface area (Å²) in [6.07, 6.45) is 3.60. The molecule has 0 aromatic heterocycles. The van der Waals surface area contributed by atoms with Gasteiger partial charge in [-0.05, 0) is 68.0 Å². The van der Waals surface area contributed by atoms with Crippen molar-refractivity contribution >= 4 is 0 Å². The van der Waals surface area contributed by atoms with E-state index in [2.05, 4.69) is 43.0 Å². The maximum Gasteiger partial charge on any atom is 0.123 e. The molecule has 0 spiro atoms. The Hall–Kier alpha value is -1.71. The number of ether oxygens (including phenoxy) is 1. The van der Waals surface area contributed by atoms with Crippen molar-refractivity contribution in [1.82, 2.24) is 4.90 Å². The maximum absolute atomic E-state index is 13.3. The van der Waals surface area contributed by atoms with E-state index in [4.69, 9.17) is 4.74 Å². The number of hydrogen-bond acceptors (Lipinski definition) is 2. The molecule has 0 N–H and O–H groups in total. The minimum absolute atomic E-state index is 0.236. The molecule has 0 fully saturated rings. The first-order valence-electron chi connectivity index (χ1n) is 9.44. The molecule has 26 heavy (non-hydrogen) atoms. The summed E-state index contributed by atoms with van der Waals surface area (Å²) in [5, 5.41) is 0. The smallest absolute Gasteiger partial charge is 0.123 e. The Balaban J connectivity index is 1.59. The van der Waals surface area contributed by atoms with Crippen molar-refractivity contribution in [1.29, 1.82) is 0 Å². The van der Waals surface area contributed by atoms with Crippen LogP contribution < -0.4 is 0 Å². The van der Waals surface area contributed by atoms with Gasteiger partial charge < -0.3 is 4.74 Å². The Morgan fingerprint density at radius 1 is 1.08 bits per heavy atom. The predicted molar refractivity (Wildman–Crippen MR) is 104 cm³/mol. The normalized spacial score (nSPS) is 16.9. The van der Waals surface area contributed by atoms with E-state index in [0.29, 0.717) is 13.0 Å². The Labute approximate surface area is 157 Å². The zero-order chi connectivity index (χ0) is 18.4. The summed E-state index contributed by atoms with van der Waals surface area (Å²) in [6, 6.07) is 15.2. The molecule has 2 aromatic rings. The predicted octanol–water partition coefficient (Wildman–Crippen LogP) is 4.93. The Kier molecular flexibility index (Phi) is 6.44. The van der Waals surface area contributed by atoms with Gasteiger partial charge in [-0.2, -0.15) is 0 Å². The van der Waals surface area contributed by atoms with E-state index in [0.717, 1.165) is 44.5 Å².